The molecule has 4 heterocycles. The predicted molar refractivity (Wildman–Crippen MR) is 148 cm³/mol. The van der Waals surface area contributed by atoms with Gasteiger partial charge in [-0.1, -0.05) is 6.92 Å². The molecule has 0 radical (unpaired) electrons. The fourth-order valence-electron chi connectivity index (χ4n) is 4.44. The van der Waals surface area contributed by atoms with Gasteiger partial charge < -0.3 is 15.2 Å². The third-order valence-corrected chi connectivity index (χ3v) is 8.44. The summed E-state index contributed by atoms with van der Waals surface area (Å²) in [7, 11) is -2.44. The van der Waals surface area contributed by atoms with Gasteiger partial charge in [0, 0.05) is 86.6 Å². The van der Waals surface area contributed by atoms with E-state index in [-0.39, 0.29) is 28.9 Å². The molecule has 1 aliphatic rings. The number of fused-ring (bicyclic) bond motifs is 1. The van der Waals surface area contributed by atoms with Crippen LogP contribution >= 0.6 is 0 Å². The number of carbonyl (C=O) groups excluding carboxylic acids is 1. The number of aromatic nitrogens is 4. The van der Waals surface area contributed by atoms with E-state index in [1.165, 1.54) is 26.2 Å². The monoisotopic (exact) mass is 552 g/mol. The second-order valence-electron chi connectivity index (χ2n) is 9.28. The largest absolute Gasteiger partial charge is 0.345 e. The molecular weight excluding hydrogens is 523 g/mol. The number of hydrogen-bond acceptors (Lipinski definition) is 8. The van der Waals surface area contributed by atoms with Crippen molar-refractivity contribution in [3.05, 3.63) is 65.5 Å². The molecule has 1 saturated heterocycles. The van der Waals surface area contributed by atoms with Gasteiger partial charge in [0.05, 0.1) is 11.3 Å². The molecule has 0 spiro atoms. The van der Waals surface area contributed by atoms with Crippen LogP contribution in [-0.4, -0.2) is 78.2 Å². The number of hydrogen-bond donors (Lipinski definition) is 3. The molecule has 1 aromatic carbocycles. The third kappa shape index (κ3) is 5.20. The van der Waals surface area contributed by atoms with Crippen molar-refractivity contribution in [2.75, 3.05) is 49.4 Å². The van der Waals surface area contributed by atoms with Crippen molar-refractivity contribution in [2.45, 2.75) is 13.8 Å². The molecule has 1 fully saturated rings. The molecule has 0 bridgehead atoms. The second-order valence-corrected chi connectivity index (χ2v) is 11.1. The average molecular weight is 553 g/mol. The summed E-state index contributed by atoms with van der Waals surface area (Å²) < 4.78 is 43.6. The average Bonchev–Trinajstić information content (AvgIpc) is 3.38. The Balaban J connectivity index is 1.48. The lowest BCUT2D eigenvalue weighted by atomic mass is 9.97. The first-order valence-electron chi connectivity index (χ1n) is 12.5. The van der Waals surface area contributed by atoms with Gasteiger partial charge in [-0.2, -0.15) is 12.7 Å². The Morgan fingerprint density at radius 3 is 2.51 bits per heavy atom. The number of nitrogens with one attached hydrogen (secondary N) is 3. The Morgan fingerprint density at radius 2 is 1.82 bits per heavy atom. The number of halogens is 1. The van der Waals surface area contributed by atoms with Crippen LogP contribution in [0.4, 0.5) is 16.0 Å². The Bertz CT molecular complexity index is 1630. The van der Waals surface area contributed by atoms with Crippen LogP contribution in [0, 0.1) is 12.7 Å². The maximum absolute atomic E-state index is 15.0. The highest BCUT2D eigenvalue weighted by Gasteiger charge is 2.25. The minimum absolute atomic E-state index is 0.125. The zero-order valence-electron chi connectivity index (χ0n) is 21.8. The molecular formula is C26H29FN8O3S. The van der Waals surface area contributed by atoms with Crippen LogP contribution in [0.1, 0.15) is 28.4 Å². The second kappa shape index (κ2) is 10.7. The number of aromatic amines is 1. The van der Waals surface area contributed by atoms with Crippen LogP contribution in [0.3, 0.4) is 0 Å². The molecule has 4 aromatic rings. The van der Waals surface area contributed by atoms with E-state index in [9.17, 15) is 13.2 Å². The highest BCUT2D eigenvalue weighted by molar-refractivity contribution is 7.90. The lowest BCUT2D eigenvalue weighted by Gasteiger charge is -2.27. The molecule has 3 N–H and O–H groups in total. The third-order valence-electron chi connectivity index (χ3n) is 6.88. The van der Waals surface area contributed by atoms with Gasteiger partial charge >= 0.3 is 10.2 Å². The van der Waals surface area contributed by atoms with E-state index in [4.69, 9.17) is 0 Å². The number of nitrogens with zero attached hydrogens (tertiary/aromatic N) is 5. The highest BCUT2D eigenvalue weighted by atomic mass is 32.2. The van der Waals surface area contributed by atoms with Crippen molar-refractivity contribution in [3.63, 3.8) is 0 Å². The SMILES string of the molecule is CCN(C)S(=O)(=O)Nc1ccc(F)c(C(=O)c2c[nH]c3ncc(-c4cnc(N5CCNCC5)nc4)cc23)c1C. The molecule has 3 aromatic heterocycles. The Morgan fingerprint density at radius 1 is 1.13 bits per heavy atom. The molecule has 204 valence electrons. The molecule has 1 aliphatic heterocycles. The number of anilines is 2. The molecule has 0 unspecified atom stereocenters. The zero-order valence-corrected chi connectivity index (χ0v) is 22.6. The topological polar surface area (TPSA) is 136 Å². The van der Waals surface area contributed by atoms with Crippen molar-refractivity contribution >= 4 is 38.7 Å². The summed E-state index contributed by atoms with van der Waals surface area (Å²) in [5.41, 5.74) is 2.18. The fourth-order valence-corrected chi connectivity index (χ4v) is 5.43. The molecule has 39 heavy (non-hydrogen) atoms. The van der Waals surface area contributed by atoms with Crippen molar-refractivity contribution in [1.29, 1.82) is 0 Å². The lowest BCUT2D eigenvalue weighted by molar-refractivity contribution is 0.103. The molecule has 13 heteroatoms. The summed E-state index contributed by atoms with van der Waals surface area (Å²) in [4.78, 5) is 32.2. The van der Waals surface area contributed by atoms with E-state index < -0.39 is 21.8 Å². The summed E-state index contributed by atoms with van der Waals surface area (Å²) in [6.07, 6.45) is 6.57. The number of pyridine rings is 1. The van der Waals surface area contributed by atoms with E-state index in [2.05, 4.69) is 34.9 Å². The van der Waals surface area contributed by atoms with Crippen LogP contribution in [0.5, 0.6) is 0 Å². The van der Waals surface area contributed by atoms with Crippen LogP contribution in [0.15, 0.2) is 43.0 Å². The molecule has 5 rings (SSSR count). The van der Waals surface area contributed by atoms with E-state index >= 15 is 4.39 Å². The predicted octanol–water partition coefficient (Wildman–Crippen LogP) is 2.72. The number of ketones is 1. The van der Waals surface area contributed by atoms with Crippen LogP contribution in [-0.2, 0) is 10.2 Å². The quantitative estimate of drug-likeness (QED) is 0.284. The van der Waals surface area contributed by atoms with Crippen LogP contribution in [0.2, 0.25) is 0 Å². The maximum atomic E-state index is 15.0. The molecule has 0 aliphatic carbocycles. The number of rotatable bonds is 8. The normalized spacial score (nSPS) is 14.2. The van der Waals surface area contributed by atoms with E-state index in [1.807, 2.05) is 0 Å². The van der Waals surface area contributed by atoms with Gasteiger partial charge in [-0.3, -0.25) is 9.52 Å². The van der Waals surface area contributed by atoms with E-state index in [0.717, 1.165) is 42.1 Å². The number of carbonyl (C=O) groups is 1. The first-order valence-corrected chi connectivity index (χ1v) is 14.0. The van der Waals surface area contributed by atoms with Crippen LogP contribution in [0.25, 0.3) is 22.2 Å². The summed E-state index contributed by atoms with van der Waals surface area (Å²) >= 11 is 0. The maximum Gasteiger partial charge on any atom is 0.301 e. The molecule has 0 amide bonds. The van der Waals surface area contributed by atoms with Gasteiger partial charge in [0.25, 0.3) is 0 Å². The van der Waals surface area contributed by atoms with Crippen LogP contribution < -0.4 is 14.9 Å². The molecule has 0 atom stereocenters. The van der Waals surface area contributed by atoms with Gasteiger partial charge in [-0.05, 0) is 30.7 Å². The first-order chi connectivity index (χ1) is 18.7. The highest BCUT2D eigenvalue weighted by Crippen LogP contribution is 2.30. The number of H-pyrrole nitrogens is 1. The summed E-state index contributed by atoms with van der Waals surface area (Å²) in [5, 5.41) is 3.80. The smallest absolute Gasteiger partial charge is 0.301 e. The fraction of sp³-hybridized carbons (Fsp3) is 0.308. The van der Waals surface area contributed by atoms with Gasteiger partial charge in [0.2, 0.25) is 5.95 Å². The number of piperazine rings is 1. The van der Waals surface area contributed by atoms with Crippen molar-refractivity contribution < 1.29 is 17.6 Å². The summed E-state index contributed by atoms with van der Waals surface area (Å²) in [6, 6.07) is 4.17. The minimum atomic E-state index is -3.86. The lowest BCUT2D eigenvalue weighted by Crippen LogP contribution is -2.44. The van der Waals surface area contributed by atoms with Gasteiger partial charge in [0.15, 0.2) is 5.78 Å². The van der Waals surface area contributed by atoms with Crippen molar-refractivity contribution in [3.8, 4) is 11.1 Å². The molecule has 11 nitrogen and oxygen atoms in total. The van der Waals surface area contributed by atoms with Crippen molar-refractivity contribution in [1.82, 2.24) is 29.6 Å². The minimum Gasteiger partial charge on any atom is -0.345 e. The van der Waals surface area contributed by atoms with Gasteiger partial charge in [0.1, 0.15) is 11.5 Å². The Kier molecular flexibility index (Phi) is 7.30. The van der Waals surface area contributed by atoms with E-state index in [1.54, 1.807) is 31.6 Å². The Labute approximate surface area is 225 Å². The number of benzene rings is 1. The van der Waals surface area contributed by atoms with Crippen molar-refractivity contribution in [2.24, 2.45) is 0 Å². The first kappa shape index (κ1) is 26.7. The standard InChI is InChI=1S/C26H29FN8O3S/c1-4-34(3)39(37,38)33-22-6-5-21(27)23(16(22)2)24(36)20-15-30-25-19(20)11-17(12-29-25)18-13-31-26(32-14-18)35-9-7-28-8-10-35/h5-6,11-15,28,33H,4,7-10H2,1-3H3,(H,29,30). The zero-order chi connectivity index (χ0) is 27.7. The van der Waals surface area contributed by atoms with E-state index in [0.29, 0.717) is 22.5 Å². The summed E-state index contributed by atoms with van der Waals surface area (Å²) in [5.74, 6) is -0.691. The van der Waals surface area contributed by atoms with Gasteiger partial charge in [-0.15, -0.1) is 0 Å². The van der Waals surface area contributed by atoms with Gasteiger partial charge in [-0.25, -0.2) is 19.3 Å². The molecule has 0 saturated carbocycles. The summed E-state index contributed by atoms with van der Waals surface area (Å²) in [6.45, 7) is 6.86. The Hall–Kier alpha value is -3.94.